The number of hydrogen-bond acceptors (Lipinski definition) is 4. The molecule has 0 saturated heterocycles. The number of anilines is 2. The first-order valence-electron chi connectivity index (χ1n) is 10.9. The summed E-state index contributed by atoms with van der Waals surface area (Å²) in [6.45, 7) is 4.21. The summed E-state index contributed by atoms with van der Waals surface area (Å²) in [7, 11) is 0. The molecule has 4 rings (SSSR count). The molecular weight excluding hydrogens is 446 g/mol. The zero-order valence-electron chi connectivity index (χ0n) is 19.0. The quantitative estimate of drug-likeness (QED) is 0.310. The van der Waals surface area contributed by atoms with E-state index in [2.05, 4.69) is 20.8 Å². The van der Waals surface area contributed by atoms with Crippen molar-refractivity contribution < 1.29 is 9.59 Å². The molecule has 3 aromatic carbocycles. The van der Waals surface area contributed by atoms with Gasteiger partial charge in [0.2, 0.25) is 5.91 Å². The van der Waals surface area contributed by atoms with Gasteiger partial charge in [0.1, 0.15) is 0 Å². The molecule has 2 amide bonds. The van der Waals surface area contributed by atoms with Crippen molar-refractivity contribution in [2.24, 2.45) is 0 Å². The third kappa shape index (κ3) is 5.29. The average molecular weight is 472 g/mol. The van der Waals surface area contributed by atoms with E-state index in [1.54, 1.807) is 18.2 Å². The van der Waals surface area contributed by atoms with Gasteiger partial charge in [-0.15, -0.1) is 0 Å². The lowest BCUT2D eigenvalue weighted by Gasteiger charge is -2.13. The average Bonchev–Trinajstić information content (AvgIpc) is 3.20. The summed E-state index contributed by atoms with van der Waals surface area (Å²) in [6, 6.07) is 22.5. The summed E-state index contributed by atoms with van der Waals surface area (Å²) in [6.07, 6.45) is 0.201. The summed E-state index contributed by atoms with van der Waals surface area (Å²) < 4.78 is 2.27. The molecule has 7 nitrogen and oxygen atoms in total. The Morgan fingerprint density at radius 3 is 2.41 bits per heavy atom. The highest BCUT2D eigenvalue weighted by Crippen LogP contribution is 2.22. The van der Waals surface area contributed by atoms with Gasteiger partial charge in [0, 0.05) is 35.5 Å². The fourth-order valence-corrected chi connectivity index (χ4v) is 3.83. The second-order valence-corrected chi connectivity index (χ2v) is 8.35. The van der Waals surface area contributed by atoms with E-state index < -0.39 is 0 Å². The lowest BCUT2D eigenvalue weighted by atomic mass is 10.1. The minimum Gasteiger partial charge on any atom is -0.326 e. The molecule has 1 aromatic heterocycles. The van der Waals surface area contributed by atoms with E-state index >= 15 is 0 Å². The number of rotatable bonds is 7. The van der Waals surface area contributed by atoms with E-state index in [4.69, 9.17) is 12.2 Å². The number of hydrogen-bond donors (Lipinski definition) is 3. The molecule has 172 valence electrons. The molecule has 34 heavy (non-hydrogen) atoms. The van der Waals surface area contributed by atoms with Gasteiger partial charge in [0.05, 0.1) is 0 Å². The van der Waals surface area contributed by atoms with Gasteiger partial charge in [-0.2, -0.15) is 5.10 Å². The first-order valence-corrected chi connectivity index (χ1v) is 11.3. The number of benzene rings is 3. The van der Waals surface area contributed by atoms with E-state index in [1.165, 1.54) is 0 Å². The summed E-state index contributed by atoms with van der Waals surface area (Å²) >= 11 is 5.37. The zero-order valence-corrected chi connectivity index (χ0v) is 19.8. The van der Waals surface area contributed by atoms with Crippen LogP contribution in [0.5, 0.6) is 0 Å². The van der Waals surface area contributed by atoms with Gasteiger partial charge in [-0.1, -0.05) is 54.1 Å². The maximum absolute atomic E-state index is 12.7. The SMILES string of the molecule is Cc1ccc(-c2n[nH]c(=S)n2CCC(=O)Nc2cccc(C(=O)Nc3ccccc3)c2C)cc1. The molecule has 0 aliphatic carbocycles. The number of H-pyrrole nitrogens is 1. The lowest BCUT2D eigenvalue weighted by molar-refractivity contribution is -0.116. The molecule has 8 heteroatoms. The van der Waals surface area contributed by atoms with E-state index in [-0.39, 0.29) is 18.2 Å². The first-order chi connectivity index (χ1) is 16.4. The predicted molar refractivity (Wildman–Crippen MR) is 136 cm³/mol. The first kappa shape index (κ1) is 23.1. The molecule has 3 N–H and O–H groups in total. The van der Waals surface area contributed by atoms with E-state index in [1.807, 2.05) is 73.0 Å². The Balaban J connectivity index is 1.44. The van der Waals surface area contributed by atoms with Crippen LogP contribution >= 0.6 is 12.2 Å². The van der Waals surface area contributed by atoms with Crippen LogP contribution in [0, 0.1) is 18.6 Å². The third-order valence-corrected chi connectivity index (χ3v) is 5.83. The van der Waals surface area contributed by atoms with Crippen LogP contribution in [-0.2, 0) is 11.3 Å². The summed E-state index contributed by atoms with van der Waals surface area (Å²) in [4.78, 5) is 25.5. The monoisotopic (exact) mass is 471 g/mol. The maximum Gasteiger partial charge on any atom is 0.256 e. The molecule has 0 radical (unpaired) electrons. The fraction of sp³-hybridized carbons (Fsp3) is 0.154. The van der Waals surface area contributed by atoms with Crippen LogP contribution in [0.15, 0.2) is 72.8 Å². The van der Waals surface area contributed by atoms with Crippen molar-refractivity contribution in [3.05, 3.63) is 94.3 Å². The Morgan fingerprint density at radius 2 is 1.68 bits per heavy atom. The third-order valence-electron chi connectivity index (χ3n) is 5.51. The Bertz CT molecular complexity index is 1370. The Kier molecular flexibility index (Phi) is 6.98. The molecule has 0 fully saturated rings. The topological polar surface area (TPSA) is 91.8 Å². The number of carbonyl (C=O) groups is 2. The molecular formula is C26H25N5O2S. The standard InChI is InChI=1S/C26H25N5O2S/c1-17-11-13-19(14-12-17)24-29-30-26(34)31(24)16-15-23(32)28-22-10-6-9-21(18(22)2)25(33)27-20-7-4-3-5-8-20/h3-14H,15-16H2,1-2H3,(H,27,33)(H,28,32)(H,30,34). The second-order valence-electron chi connectivity index (χ2n) is 7.97. The second kappa shape index (κ2) is 10.3. The smallest absolute Gasteiger partial charge is 0.256 e. The van der Waals surface area contributed by atoms with E-state index in [0.29, 0.717) is 39.6 Å². The van der Waals surface area contributed by atoms with Gasteiger partial charge in [0.25, 0.3) is 5.91 Å². The van der Waals surface area contributed by atoms with Crippen molar-refractivity contribution in [1.29, 1.82) is 0 Å². The molecule has 0 spiro atoms. The van der Waals surface area contributed by atoms with Crippen molar-refractivity contribution in [3.63, 3.8) is 0 Å². The van der Waals surface area contributed by atoms with Crippen LogP contribution in [0.2, 0.25) is 0 Å². The normalized spacial score (nSPS) is 10.6. The van der Waals surface area contributed by atoms with Gasteiger partial charge < -0.3 is 10.6 Å². The van der Waals surface area contributed by atoms with Crippen LogP contribution in [-0.4, -0.2) is 26.6 Å². The summed E-state index contributed by atoms with van der Waals surface area (Å²) in [5, 5.41) is 12.9. The van der Waals surface area contributed by atoms with Crippen molar-refractivity contribution in [3.8, 4) is 11.4 Å². The number of nitrogens with one attached hydrogen (secondary N) is 3. The van der Waals surface area contributed by atoms with Crippen LogP contribution in [0.1, 0.15) is 27.9 Å². The Hall–Kier alpha value is -4.04. The number of aryl methyl sites for hydroxylation is 1. The van der Waals surface area contributed by atoms with Crippen LogP contribution in [0.3, 0.4) is 0 Å². The van der Waals surface area contributed by atoms with Crippen LogP contribution < -0.4 is 10.6 Å². The molecule has 0 aliphatic heterocycles. The number of nitrogens with zero attached hydrogens (tertiary/aromatic N) is 2. The van der Waals surface area contributed by atoms with Gasteiger partial charge in [-0.25, -0.2) is 0 Å². The number of carbonyl (C=O) groups excluding carboxylic acids is 2. The highest BCUT2D eigenvalue weighted by Gasteiger charge is 2.15. The Morgan fingerprint density at radius 1 is 0.941 bits per heavy atom. The molecule has 1 heterocycles. The van der Waals surface area contributed by atoms with Crippen molar-refractivity contribution in [1.82, 2.24) is 14.8 Å². The highest BCUT2D eigenvalue weighted by molar-refractivity contribution is 7.71. The van der Waals surface area contributed by atoms with Crippen molar-refractivity contribution >= 4 is 35.4 Å². The number of para-hydroxylation sites is 1. The summed E-state index contributed by atoms with van der Waals surface area (Å²) in [5.41, 5.74) is 4.58. The molecule has 0 bridgehead atoms. The number of aromatic nitrogens is 3. The fourth-order valence-electron chi connectivity index (χ4n) is 3.61. The Labute approximate surface area is 202 Å². The molecule has 0 aliphatic rings. The van der Waals surface area contributed by atoms with Crippen molar-refractivity contribution in [2.45, 2.75) is 26.8 Å². The summed E-state index contributed by atoms with van der Waals surface area (Å²) in [5.74, 6) is 0.280. The molecule has 0 atom stereocenters. The number of amides is 2. The van der Waals surface area contributed by atoms with Crippen LogP contribution in [0.4, 0.5) is 11.4 Å². The van der Waals surface area contributed by atoms with E-state index in [9.17, 15) is 9.59 Å². The molecule has 4 aromatic rings. The maximum atomic E-state index is 12.7. The van der Waals surface area contributed by atoms with Gasteiger partial charge in [0.15, 0.2) is 10.6 Å². The molecule has 0 saturated carbocycles. The van der Waals surface area contributed by atoms with E-state index in [0.717, 1.165) is 11.1 Å². The lowest BCUT2D eigenvalue weighted by Crippen LogP contribution is -2.18. The number of aromatic amines is 1. The minimum absolute atomic E-state index is 0.179. The molecule has 0 unspecified atom stereocenters. The zero-order chi connectivity index (χ0) is 24.1. The highest BCUT2D eigenvalue weighted by atomic mass is 32.1. The van der Waals surface area contributed by atoms with Gasteiger partial charge >= 0.3 is 0 Å². The predicted octanol–water partition coefficient (Wildman–Crippen LogP) is 5.51. The van der Waals surface area contributed by atoms with Crippen molar-refractivity contribution in [2.75, 3.05) is 10.6 Å². The van der Waals surface area contributed by atoms with Crippen LogP contribution in [0.25, 0.3) is 11.4 Å². The van der Waals surface area contributed by atoms with Gasteiger partial charge in [-0.05, 0) is 55.9 Å². The van der Waals surface area contributed by atoms with Gasteiger partial charge in [-0.3, -0.25) is 19.3 Å². The minimum atomic E-state index is -0.229. The largest absolute Gasteiger partial charge is 0.326 e.